The highest BCUT2D eigenvalue weighted by Crippen LogP contribution is 2.32. The predicted octanol–water partition coefficient (Wildman–Crippen LogP) is 1.33. The van der Waals surface area contributed by atoms with Crippen LogP contribution in [-0.4, -0.2) is 15.2 Å². The highest BCUT2D eigenvalue weighted by molar-refractivity contribution is 5.25. The second-order valence-corrected chi connectivity index (χ2v) is 3.44. The normalized spacial score (nSPS) is 27.8. The van der Waals surface area contributed by atoms with Gasteiger partial charge in [-0.1, -0.05) is 6.07 Å². The molecule has 0 spiro atoms. The number of aromatic nitrogens is 1. The first-order chi connectivity index (χ1) is 6.29. The van der Waals surface area contributed by atoms with E-state index < -0.39 is 12.2 Å². The molecule has 0 saturated heterocycles. The Morgan fingerprint density at radius 3 is 2.85 bits per heavy atom. The molecule has 1 aliphatic rings. The van der Waals surface area contributed by atoms with Gasteiger partial charge in [0, 0.05) is 11.8 Å². The summed E-state index contributed by atoms with van der Waals surface area (Å²) in [6.45, 7) is 0. The first kappa shape index (κ1) is 8.66. The minimum atomic E-state index is -0.506. The number of aliphatic hydroxyl groups is 2. The van der Waals surface area contributed by atoms with Crippen molar-refractivity contribution in [2.24, 2.45) is 0 Å². The van der Waals surface area contributed by atoms with E-state index in [4.69, 9.17) is 0 Å². The molecule has 3 nitrogen and oxygen atoms in total. The van der Waals surface area contributed by atoms with Gasteiger partial charge in [-0.25, -0.2) is 0 Å². The van der Waals surface area contributed by atoms with Crippen LogP contribution in [0.15, 0.2) is 18.3 Å². The number of nitrogens with zero attached hydrogens (tertiary/aromatic N) is 1. The number of rotatable bonds is 0. The maximum absolute atomic E-state index is 9.71. The summed E-state index contributed by atoms with van der Waals surface area (Å²) < 4.78 is 0. The van der Waals surface area contributed by atoms with Crippen molar-refractivity contribution in [3.05, 3.63) is 29.6 Å². The summed E-state index contributed by atoms with van der Waals surface area (Å²) in [7, 11) is 0. The van der Waals surface area contributed by atoms with E-state index in [1.54, 1.807) is 12.3 Å². The quantitative estimate of drug-likeness (QED) is 0.591. The first-order valence-corrected chi connectivity index (χ1v) is 4.60. The third-order valence-corrected chi connectivity index (χ3v) is 2.50. The Bertz CT molecular complexity index is 272. The van der Waals surface area contributed by atoms with E-state index in [0.717, 1.165) is 18.4 Å². The molecule has 0 amide bonds. The molecule has 1 aromatic heterocycles. The Morgan fingerprint density at radius 1 is 1.23 bits per heavy atom. The van der Waals surface area contributed by atoms with Crippen LogP contribution in [0, 0.1) is 0 Å². The van der Waals surface area contributed by atoms with Crippen molar-refractivity contribution in [2.45, 2.75) is 31.5 Å². The van der Waals surface area contributed by atoms with Gasteiger partial charge in [-0.05, 0) is 25.3 Å². The van der Waals surface area contributed by atoms with Gasteiger partial charge in [0.05, 0.1) is 17.9 Å². The Hall–Kier alpha value is -0.930. The molecule has 1 aliphatic carbocycles. The molecule has 2 atom stereocenters. The van der Waals surface area contributed by atoms with Gasteiger partial charge in [0.15, 0.2) is 0 Å². The molecule has 0 fully saturated rings. The summed E-state index contributed by atoms with van der Waals surface area (Å²) in [6, 6.07) is 3.63. The number of hydrogen-bond acceptors (Lipinski definition) is 3. The minimum absolute atomic E-state index is 0.458. The van der Waals surface area contributed by atoms with Crippen LogP contribution in [0.3, 0.4) is 0 Å². The minimum Gasteiger partial charge on any atom is -0.388 e. The van der Waals surface area contributed by atoms with Gasteiger partial charge in [-0.3, -0.25) is 4.98 Å². The van der Waals surface area contributed by atoms with Crippen molar-refractivity contribution < 1.29 is 10.2 Å². The zero-order valence-electron chi connectivity index (χ0n) is 7.35. The van der Waals surface area contributed by atoms with Crippen molar-refractivity contribution in [1.82, 2.24) is 4.98 Å². The standard InChI is InChI=1S/C10H13NO2/c12-8-4-1-5-9(13)10-7(8)3-2-6-11-10/h2-3,6,8-9,12-13H,1,4-5H2. The molecule has 0 aromatic carbocycles. The molecule has 0 radical (unpaired) electrons. The van der Waals surface area contributed by atoms with Crippen molar-refractivity contribution >= 4 is 0 Å². The van der Waals surface area contributed by atoms with Crippen molar-refractivity contribution in [3.8, 4) is 0 Å². The summed E-state index contributed by atoms with van der Waals surface area (Å²) in [4.78, 5) is 4.10. The maximum atomic E-state index is 9.71. The number of hydrogen-bond donors (Lipinski definition) is 2. The molecule has 1 aromatic rings. The van der Waals surface area contributed by atoms with E-state index in [-0.39, 0.29) is 0 Å². The van der Waals surface area contributed by atoms with Gasteiger partial charge < -0.3 is 10.2 Å². The van der Waals surface area contributed by atoms with E-state index in [9.17, 15) is 10.2 Å². The first-order valence-electron chi connectivity index (χ1n) is 4.60. The monoisotopic (exact) mass is 179 g/mol. The predicted molar refractivity (Wildman–Crippen MR) is 48.0 cm³/mol. The lowest BCUT2D eigenvalue weighted by atomic mass is 10.1. The van der Waals surface area contributed by atoms with Crippen LogP contribution >= 0.6 is 0 Å². The fraction of sp³-hybridized carbons (Fsp3) is 0.500. The van der Waals surface area contributed by atoms with E-state index in [1.165, 1.54) is 0 Å². The summed E-state index contributed by atoms with van der Waals surface area (Å²) in [5, 5.41) is 19.4. The van der Waals surface area contributed by atoms with Crippen LogP contribution in [0.1, 0.15) is 42.7 Å². The molecule has 1 heterocycles. The van der Waals surface area contributed by atoms with Gasteiger partial charge in [-0.15, -0.1) is 0 Å². The molecule has 2 N–H and O–H groups in total. The van der Waals surface area contributed by atoms with Gasteiger partial charge in [0.2, 0.25) is 0 Å². The van der Waals surface area contributed by atoms with Crippen molar-refractivity contribution in [3.63, 3.8) is 0 Å². The van der Waals surface area contributed by atoms with Crippen LogP contribution in [-0.2, 0) is 0 Å². The average Bonchev–Trinajstić information content (AvgIpc) is 2.29. The number of pyridine rings is 1. The average molecular weight is 179 g/mol. The zero-order chi connectivity index (χ0) is 9.26. The van der Waals surface area contributed by atoms with Crippen LogP contribution in [0.2, 0.25) is 0 Å². The fourth-order valence-corrected chi connectivity index (χ4v) is 1.79. The lowest BCUT2D eigenvalue weighted by Gasteiger charge is -2.11. The Kier molecular flexibility index (Phi) is 2.29. The molecule has 3 heteroatoms. The number of fused-ring (bicyclic) bond motifs is 1. The highest BCUT2D eigenvalue weighted by atomic mass is 16.3. The highest BCUT2D eigenvalue weighted by Gasteiger charge is 2.22. The summed E-state index contributed by atoms with van der Waals surface area (Å²) in [5.41, 5.74) is 1.43. The number of aliphatic hydroxyl groups excluding tert-OH is 2. The molecule has 70 valence electrons. The van der Waals surface area contributed by atoms with E-state index in [0.29, 0.717) is 12.1 Å². The molecule has 2 unspecified atom stereocenters. The maximum Gasteiger partial charge on any atom is 0.0963 e. The second-order valence-electron chi connectivity index (χ2n) is 3.44. The molecule has 0 aliphatic heterocycles. The SMILES string of the molecule is OC1CCCC(O)c2ncccc21. The lowest BCUT2D eigenvalue weighted by Crippen LogP contribution is -2.04. The largest absolute Gasteiger partial charge is 0.388 e. The molecule has 13 heavy (non-hydrogen) atoms. The van der Waals surface area contributed by atoms with Gasteiger partial charge >= 0.3 is 0 Å². The van der Waals surface area contributed by atoms with Crippen LogP contribution in [0.25, 0.3) is 0 Å². The zero-order valence-corrected chi connectivity index (χ0v) is 7.35. The fourth-order valence-electron chi connectivity index (χ4n) is 1.79. The second kappa shape index (κ2) is 3.44. The topological polar surface area (TPSA) is 53.4 Å². The van der Waals surface area contributed by atoms with Crippen molar-refractivity contribution in [1.29, 1.82) is 0 Å². The lowest BCUT2D eigenvalue weighted by molar-refractivity contribution is 0.157. The molecule has 0 bridgehead atoms. The van der Waals surface area contributed by atoms with Gasteiger partial charge in [0.1, 0.15) is 0 Å². The van der Waals surface area contributed by atoms with Crippen LogP contribution in [0.5, 0.6) is 0 Å². The molecule has 2 rings (SSSR count). The van der Waals surface area contributed by atoms with E-state index >= 15 is 0 Å². The Labute approximate surface area is 77.1 Å². The Morgan fingerprint density at radius 2 is 2.00 bits per heavy atom. The van der Waals surface area contributed by atoms with Crippen LogP contribution < -0.4 is 0 Å². The van der Waals surface area contributed by atoms with Crippen molar-refractivity contribution in [2.75, 3.05) is 0 Å². The van der Waals surface area contributed by atoms with Gasteiger partial charge in [-0.2, -0.15) is 0 Å². The molecular weight excluding hydrogens is 166 g/mol. The summed E-state index contributed by atoms with van der Waals surface area (Å²) in [6.07, 6.45) is 2.95. The molecular formula is C10H13NO2. The Balaban J connectivity index is 2.45. The van der Waals surface area contributed by atoms with E-state index in [2.05, 4.69) is 4.98 Å². The smallest absolute Gasteiger partial charge is 0.0963 e. The third-order valence-electron chi connectivity index (χ3n) is 2.50. The third kappa shape index (κ3) is 1.57. The summed E-state index contributed by atoms with van der Waals surface area (Å²) >= 11 is 0. The molecule has 0 saturated carbocycles. The van der Waals surface area contributed by atoms with Crippen LogP contribution in [0.4, 0.5) is 0 Å². The van der Waals surface area contributed by atoms with E-state index in [1.807, 2.05) is 6.07 Å². The summed E-state index contributed by atoms with van der Waals surface area (Å²) in [5.74, 6) is 0. The van der Waals surface area contributed by atoms with Gasteiger partial charge in [0.25, 0.3) is 0 Å².